The van der Waals surface area contributed by atoms with Gasteiger partial charge < -0.3 is 5.84 Å². The molecule has 2 N–H and O–H groups in total. The minimum atomic E-state index is 0.853. The monoisotopic (exact) mass is 113 g/mol. The number of nitrogens with zero attached hydrogens (tertiary/aromatic N) is 2. The molecule has 0 radical (unpaired) electrons. The Labute approximate surface area is 49.3 Å². The summed E-state index contributed by atoms with van der Waals surface area (Å²) >= 11 is 0. The molecule has 46 valence electrons. The maximum absolute atomic E-state index is 4.79. The van der Waals surface area contributed by atoms with Crippen LogP contribution in [0.15, 0.2) is 10.1 Å². The van der Waals surface area contributed by atoms with Crippen LogP contribution < -0.4 is 5.84 Å². The molecule has 0 heterocycles. The molecule has 0 rings (SSSR count). The van der Waals surface area contributed by atoms with Gasteiger partial charge in [0.2, 0.25) is 0 Å². The third kappa shape index (κ3) is 5.14. The summed E-state index contributed by atoms with van der Waals surface area (Å²) < 4.78 is 0. The van der Waals surface area contributed by atoms with Gasteiger partial charge in [-0.2, -0.15) is 5.10 Å². The quantitative estimate of drug-likeness (QED) is 0.321. The molecule has 0 saturated heterocycles. The van der Waals surface area contributed by atoms with Crippen LogP contribution in [0.4, 0.5) is 0 Å². The van der Waals surface area contributed by atoms with E-state index in [2.05, 4.69) is 17.0 Å². The molecule has 0 aromatic carbocycles. The Kier molecular flexibility index (Phi) is 5.48. The minimum Gasteiger partial charge on any atom is -0.323 e. The van der Waals surface area contributed by atoms with Crippen LogP contribution in [0.2, 0.25) is 0 Å². The van der Waals surface area contributed by atoms with Crippen molar-refractivity contribution in [1.82, 2.24) is 0 Å². The number of rotatable bonds is 3. The molecule has 0 aliphatic carbocycles. The van der Waals surface area contributed by atoms with Gasteiger partial charge in [-0.3, -0.25) is 4.99 Å². The van der Waals surface area contributed by atoms with Crippen LogP contribution in [0.1, 0.15) is 13.3 Å². The van der Waals surface area contributed by atoms with Gasteiger partial charge >= 0.3 is 0 Å². The van der Waals surface area contributed by atoms with Gasteiger partial charge in [0.25, 0.3) is 0 Å². The second kappa shape index (κ2) is 6.14. The van der Waals surface area contributed by atoms with Crippen molar-refractivity contribution in [1.29, 1.82) is 0 Å². The zero-order chi connectivity index (χ0) is 6.24. The van der Waals surface area contributed by atoms with E-state index in [9.17, 15) is 0 Å². The van der Waals surface area contributed by atoms with Gasteiger partial charge in [0.15, 0.2) is 0 Å². The summed E-state index contributed by atoms with van der Waals surface area (Å²) in [6.07, 6.45) is 4.13. The number of aliphatic imine (C=N–C) groups is 1. The van der Waals surface area contributed by atoms with Crippen LogP contribution in [0, 0.1) is 0 Å². The Balaban J connectivity index is 3.07. The van der Waals surface area contributed by atoms with Crippen molar-refractivity contribution in [2.24, 2.45) is 15.9 Å². The number of hydrogen-bond acceptors (Lipinski definition) is 3. The van der Waals surface area contributed by atoms with E-state index in [4.69, 9.17) is 5.84 Å². The fourth-order valence-electron chi connectivity index (χ4n) is 0.289. The molecule has 3 nitrogen and oxygen atoms in total. The molecule has 0 aliphatic heterocycles. The zero-order valence-corrected chi connectivity index (χ0v) is 5.04. The Morgan fingerprint density at radius 1 is 1.50 bits per heavy atom. The average molecular weight is 113 g/mol. The van der Waals surface area contributed by atoms with Crippen LogP contribution in [0.25, 0.3) is 0 Å². The second-order valence-electron chi connectivity index (χ2n) is 1.35. The van der Waals surface area contributed by atoms with E-state index in [1.807, 2.05) is 0 Å². The molecular formula is C5H11N3. The molecule has 0 amide bonds. The van der Waals surface area contributed by atoms with Crippen LogP contribution in [0.3, 0.4) is 0 Å². The Bertz CT molecular complexity index is 85.7. The Morgan fingerprint density at radius 3 is 2.75 bits per heavy atom. The maximum Gasteiger partial charge on any atom is 0.0644 e. The van der Waals surface area contributed by atoms with Crippen molar-refractivity contribution in [3.8, 4) is 0 Å². The Hall–Kier alpha value is -0.860. The predicted octanol–water partition coefficient (Wildman–Crippen LogP) is 0.412. The first kappa shape index (κ1) is 7.14. The van der Waals surface area contributed by atoms with Gasteiger partial charge in [-0.15, -0.1) is 0 Å². The normalized spacial score (nSPS) is 11.6. The molecule has 0 atom stereocenters. The van der Waals surface area contributed by atoms with Crippen LogP contribution in [-0.2, 0) is 0 Å². The largest absolute Gasteiger partial charge is 0.323 e. The SMILES string of the molecule is CCCN=CC=NN. The smallest absolute Gasteiger partial charge is 0.0644 e. The van der Waals surface area contributed by atoms with Crippen molar-refractivity contribution in [3.05, 3.63) is 0 Å². The van der Waals surface area contributed by atoms with Crippen LogP contribution in [0.5, 0.6) is 0 Å². The fraction of sp³-hybridized carbons (Fsp3) is 0.600. The molecule has 0 fully saturated rings. The number of nitrogens with two attached hydrogens (primary N) is 1. The van der Waals surface area contributed by atoms with E-state index in [0.717, 1.165) is 13.0 Å². The molecule has 0 unspecified atom stereocenters. The van der Waals surface area contributed by atoms with E-state index in [-0.39, 0.29) is 0 Å². The Morgan fingerprint density at radius 2 is 2.25 bits per heavy atom. The lowest BCUT2D eigenvalue weighted by Crippen LogP contribution is -1.84. The first-order valence-electron chi connectivity index (χ1n) is 2.63. The van der Waals surface area contributed by atoms with E-state index in [1.54, 1.807) is 6.21 Å². The summed E-state index contributed by atoms with van der Waals surface area (Å²) in [6, 6.07) is 0. The summed E-state index contributed by atoms with van der Waals surface area (Å²) in [4.78, 5) is 3.93. The van der Waals surface area contributed by atoms with Crippen LogP contribution in [-0.4, -0.2) is 19.0 Å². The maximum atomic E-state index is 4.79. The topological polar surface area (TPSA) is 50.7 Å². The van der Waals surface area contributed by atoms with E-state index in [1.165, 1.54) is 6.21 Å². The summed E-state index contributed by atoms with van der Waals surface area (Å²) in [5.41, 5.74) is 0. The summed E-state index contributed by atoms with van der Waals surface area (Å²) in [5, 5.41) is 3.23. The third-order valence-electron chi connectivity index (χ3n) is 0.611. The highest BCUT2D eigenvalue weighted by atomic mass is 15.1. The molecule has 0 saturated carbocycles. The molecule has 0 aromatic heterocycles. The van der Waals surface area contributed by atoms with E-state index < -0.39 is 0 Å². The summed E-state index contributed by atoms with van der Waals surface area (Å²) in [6.45, 7) is 2.92. The van der Waals surface area contributed by atoms with Crippen LogP contribution >= 0.6 is 0 Å². The highest BCUT2D eigenvalue weighted by molar-refractivity contribution is 6.15. The zero-order valence-electron chi connectivity index (χ0n) is 5.04. The second-order valence-corrected chi connectivity index (χ2v) is 1.35. The lowest BCUT2D eigenvalue weighted by Gasteiger charge is -1.79. The molecule has 0 spiro atoms. The van der Waals surface area contributed by atoms with Gasteiger partial charge in [0.05, 0.1) is 6.21 Å². The average Bonchev–Trinajstić information content (AvgIpc) is 1.81. The number of hydrogen-bond donors (Lipinski definition) is 1. The lowest BCUT2D eigenvalue weighted by molar-refractivity contribution is 0.938. The predicted molar refractivity (Wildman–Crippen MR) is 36.3 cm³/mol. The summed E-state index contributed by atoms with van der Waals surface area (Å²) in [5.74, 6) is 4.79. The van der Waals surface area contributed by atoms with E-state index >= 15 is 0 Å². The highest BCUT2D eigenvalue weighted by Gasteiger charge is 1.67. The van der Waals surface area contributed by atoms with Crippen molar-refractivity contribution < 1.29 is 0 Å². The first-order chi connectivity index (χ1) is 3.91. The summed E-state index contributed by atoms with van der Waals surface area (Å²) in [7, 11) is 0. The number of hydrazone groups is 1. The van der Waals surface area contributed by atoms with Crippen molar-refractivity contribution >= 4 is 12.4 Å². The van der Waals surface area contributed by atoms with Gasteiger partial charge in [-0.25, -0.2) is 0 Å². The third-order valence-corrected chi connectivity index (χ3v) is 0.611. The van der Waals surface area contributed by atoms with Gasteiger partial charge in [-0.1, -0.05) is 6.92 Å². The van der Waals surface area contributed by atoms with Gasteiger partial charge in [0.1, 0.15) is 0 Å². The van der Waals surface area contributed by atoms with Gasteiger partial charge in [-0.05, 0) is 6.42 Å². The van der Waals surface area contributed by atoms with Gasteiger partial charge in [0, 0.05) is 12.8 Å². The molecule has 3 heteroatoms. The molecule has 0 bridgehead atoms. The fourth-order valence-corrected chi connectivity index (χ4v) is 0.289. The highest BCUT2D eigenvalue weighted by Crippen LogP contribution is 1.72. The molecule has 0 aromatic rings. The first-order valence-corrected chi connectivity index (χ1v) is 2.63. The van der Waals surface area contributed by atoms with Crippen molar-refractivity contribution in [2.75, 3.05) is 6.54 Å². The minimum absolute atomic E-state index is 0.853. The molecular weight excluding hydrogens is 102 g/mol. The standard InChI is InChI=1S/C5H11N3/c1-2-3-7-4-5-8-6/h4-5H,2-3,6H2,1H3. The molecule has 8 heavy (non-hydrogen) atoms. The van der Waals surface area contributed by atoms with Crippen molar-refractivity contribution in [2.45, 2.75) is 13.3 Å². The van der Waals surface area contributed by atoms with Crippen molar-refractivity contribution in [3.63, 3.8) is 0 Å². The lowest BCUT2D eigenvalue weighted by atomic mass is 10.5. The van der Waals surface area contributed by atoms with E-state index in [0.29, 0.717) is 0 Å². The molecule has 0 aliphatic rings.